The lowest BCUT2D eigenvalue weighted by Crippen LogP contribution is -2.60. The fourth-order valence-corrected chi connectivity index (χ4v) is 6.42. The highest BCUT2D eigenvalue weighted by Crippen LogP contribution is 2.59. The third-order valence-corrected chi connectivity index (χ3v) is 7.92. The maximum absolute atomic E-state index is 14.2. The van der Waals surface area contributed by atoms with Crippen LogP contribution in [0.3, 0.4) is 0 Å². The van der Waals surface area contributed by atoms with E-state index in [1.165, 1.54) is 0 Å². The lowest BCUT2D eigenvalue weighted by molar-refractivity contribution is -0.151. The quantitative estimate of drug-likeness (QED) is 0.308. The summed E-state index contributed by atoms with van der Waals surface area (Å²) in [6.07, 6.45) is 7.19. The third-order valence-electron chi connectivity index (χ3n) is 7.92. The molecule has 3 saturated heterocycles. The van der Waals surface area contributed by atoms with Crippen molar-refractivity contribution in [2.24, 2.45) is 11.8 Å². The van der Waals surface area contributed by atoms with Gasteiger partial charge < -0.3 is 24.5 Å². The Hall–Kier alpha value is -2.19. The van der Waals surface area contributed by atoms with E-state index in [-0.39, 0.29) is 30.4 Å². The number of fused-ring (bicyclic) bond motifs is 1. The first-order valence-electron chi connectivity index (χ1n) is 13.5. The average molecular weight is 504 g/mol. The maximum Gasteiger partial charge on any atom is 0.249 e. The molecule has 0 aromatic heterocycles. The standard InChI is InChI=1S/C28H45N3O5/c1-7-15-29(16-8-2)24(33)21-20-13-14-28(36-20)22(21)25(34)30(18-11-10-12-19-32)23(28)26(35)31(17-9-3)27(4,5)6/h7,9,20-23,32H,1,3,8,10-19H2,2,4-6H3/t20-,21+,22+,23?,28?/m1/s1. The molecule has 2 bridgehead atoms. The Kier molecular flexibility index (Phi) is 9.04. The number of aliphatic hydroxyl groups is 1. The molecule has 3 rings (SSSR count). The lowest BCUT2D eigenvalue weighted by Gasteiger charge is -2.42. The van der Waals surface area contributed by atoms with Crippen LogP contribution < -0.4 is 0 Å². The van der Waals surface area contributed by atoms with E-state index >= 15 is 0 Å². The van der Waals surface area contributed by atoms with Gasteiger partial charge in [0.2, 0.25) is 17.7 Å². The van der Waals surface area contributed by atoms with Crippen LogP contribution >= 0.6 is 0 Å². The Morgan fingerprint density at radius 1 is 1.17 bits per heavy atom. The molecule has 0 radical (unpaired) electrons. The summed E-state index contributed by atoms with van der Waals surface area (Å²) in [5, 5.41) is 9.20. The van der Waals surface area contributed by atoms with E-state index in [1.807, 2.05) is 27.7 Å². The minimum Gasteiger partial charge on any atom is -0.396 e. The number of hydrogen-bond acceptors (Lipinski definition) is 5. The first kappa shape index (κ1) is 28.4. The zero-order chi connectivity index (χ0) is 26.7. The molecule has 3 fully saturated rings. The zero-order valence-corrected chi connectivity index (χ0v) is 22.6. The van der Waals surface area contributed by atoms with Crippen molar-refractivity contribution < 1.29 is 24.2 Å². The number of unbranched alkanes of at least 4 members (excludes halogenated alkanes) is 2. The highest BCUT2D eigenvalue weighted by molar-refractivity contribution is 5.99. The highest BCUT2D eigenvalue weighted by atomic mass is 16.5. The van der Waals surface area contributed by atoms with E-state index in [0.717, 1.165) is 12.8 Å². The summed E-state index contributed by atoms with van der Waals surface area (Å²) in [4.78, 5) is 47.3. The maximum atomic E-state index is 14.2. The van der Waals surface area contributed by atoms with Crippen molar-refractivity contribution in [3.63, 3.8) is 0 Å². The second kappa shape index (κ2) is 11.5. The Labute approximate surface area is 216 Å². The zero-order valence-electron chi connectivity index (χ0n) is 22.6. The van der Waals surface area contributed by atoms with Gasteiger partial charge in [0, 0.05) is 38.3 Å². The molecule has 0 saturated carbocycles. The van der Waals surface area contributed by atoms with Gasteiger partial charge in [0.05, 0.1) is 17.9 Å². The van der Waals surface area contributed by atoms with Gasteiger partial charge in [-0.25, -0.2) is 0 Å². The van der Waals surface area contributed by atoms with E-state index in [9.17, 15) is 19.5 Å². The van der Waals surface area contributed by atoms with Crippen LogP contribution in [0.15, 0.2) is 25.3 Å². The van der Waals surface area contributed by atoms with E-state index in [1.54, 1.807) is 26.9 Å². The van der Waals surface area contributed by atoms with Crippen LogP contribution in [0.2, 0.25) is 0 Å². The monoisotopic (exact) mass is 503 g/mol. The van der Waals surface area contributed by atoms with Gasteiger partial charge in [-0.1, -0.05) is 19.1 Å². The van der Waals surface area contributed by atoms with Gasteiger partial charge in [0.1, 0.15) is 11.6 Å². The molecule has 0 aromatic carbocycles. The summed E-state index contributed by atoms with van der Waals surface area (Å²) < 4.78 is 6.58. The van der Waals surface area contributed by atoms with E-state index < -0.39 is 29.0 Å². The molecule has 0 aromatic rings. The first-order chi connectivity index (χ1) is 17.1. The number of carbonyl (C=O) groups excluding carboxylic acids is 3. The number of amides is 3. The number of rotatable bonds is 13. The molecular formula is C28H45N3O5. The molecule has 8 nitrogen and oxygen atoms in total. The van der Waals surface area contributed by atoms with Crippen LogP contribution in [0.25, 0.3) is 0 Å². The largest absolute Gasteiger partial charge is 0.396 e. The number of aliphatic hydroxyl groups excluding tert-OH is 1. The second-order valence-corrected chi connectivity index (χ2v) is 11.4. The Morgan fingerprint density at radius 3 is 2.44 bits per heavy atom. The third kappa shape index (κ3) is 4.99. The van der Waals surface area contributed by atoms with Gasteiger partial charge in [0.25, 0.3) is 0 Å². The van der Waals surface area contributed by atoms with Crippen molar-refractivity contribution in [3.05, 3.63) is 25.3 Å². The van der Waals surface area contributed by atoms with Gasteiger partial charge in [-0.2, -0.15) is 0 Å². The molecule has 202 valence electrons. The van der Waals surface area contributed by atoms with Gasteiger partial charge in [-0.05, 0) is 59.3 Å². The predicted molar refractivity (Wildman–Crippen MR) is 139 cm³/mol. The van der Waals surface area contributed by atoms with Crippen molar-refractivity contribution in [3.8, 4) is 0 Å². The van der Waals surface area contributed by atoms with Crippen LogP contribution in [0.4, 0.5) is 0 Å². The summed E-state index contributed by atoms with van der Waals surface area (Å²) >= 11 is 0. The normalized spacial score (nSPS) is 28.8. The van der Waals surface area contributed by atoms with Crippen molar-refractivity contribution >= 4 is 17.7 Å². The van der Waals surface area contributed by atoms with Crippen LogP contribution in [-0.2, 0) is 19.1 Å². The van der Waals surface area contributed by atoms with Crippen LogP contribution in [0.5, 0.6) is 0 Å². The molecule has 2 unspecified atom stereocenters. The summed E-state index contributed by atoms with van der Waals surface area (Å²) in [6, 6.07) is -0.773. The van der Waals surface area contributed by atoms with Crippen LogP contribution in [-0.4, -0.2) is 93.6 Å². The Bertz CT molecular complexity index is 853. The van der Waals surface area contributed by atoms with Gasteiger partial charge in [-0.15, -0.1) is 13.2 Å². The molecule has 3 amide bonds. The number of carbonyl (C=O) groups is 3. The van der Waals surface area contributed by atoms with Crippen molar-refractivity contribution in [1.29, 1.82) is 0 Å². The smallest absolute Gasteiger partial charge is 0.249 e. The molecule has 3 heterocycles. The molecule has 1 N–H and O–H groups in total. The summed E-state index contributed by atoms with van der Waals surface area (Å²) in [6.45, 7) is 17.5. The van der Waals surface area contributed by atoms with E-state index in [4.69, 9.17) is 4.74 Å². The summed E-state index contributed by atoms with van der Waals surface area (Å²) in [5.74, 6) is -1.62. The molecule has 3 aliphatic rings. The number of hydrogen-bond donors (Lipinski definition) is 1. The van der Waals surface area contributed by atoms with Crippen molar-refractivity contribution in [2.75, 3.05) is 32.8 Å². The minimum atomic E-state index is -0.993. The fourth-order valence-electron chi connectivity index (χ4n) is 6.42. The summed E-state index contributed by atoms with van der Waals surface area (Å²) in [5.41, 5.74) is -1.47. The Balaban J connectivity index is 2.01. The van der Waals surface area contributed by atoms with Gasteiger partial charge in [-0.3, -0.25) is 14.4 Å². The first-order valence-corrected chi connectivity index (χ1v) is 13.5. The topological polar surface area (TPSA) is 90.4 Å². The summed E-state index contributed by atoms with van der Waals surface area (Å²) in [7, 11) is 0. The molecule has 8 heteroatoms. The fraction of sp³-hybridized carbons (Fsp3) is 0.750. The lowest BCUT2D eigenvalue weighted by atomic mass is 9.70. The number of nitrogens with zero attached hydrogens (tertiary/aromatic N) is 3. The molecule has 0 aliphatic carbocycles. The molecule has 3 aliphatic heterocycles. The average Bonchev–Trinajstić information content (AvgIpc) is 3.46. The van der Waals surface area contributed by atoms with Gasteiger partial charge in [0.15, 0.2) is 0 Å². The highest BCUT2D eigenvalue weighted by Gasteiger charge is 2.75. The van der Waals surface area contributed by atoms with Crippen molar-refractivity contribution in [1.82, 2.24) is 14.7 Å². The molecule has 1 spiro atoms. The van der Waals surface area contributed by atoms with Gasteiger partial charge >= 0.3 is 0 Å². The van der Waals surface area contributed by atoms with Crippen LogP contribution in [0.1, 0.15) is 66.2 Å². The van der Waals surface area contributed by atoms with Crippen LogP contribution in [0, 0.1) is 11.8 Å². The second-order valence-electron chi connectivity index (χ2n) is 11.4. The molecule has 36 heavy (non-hydrogen) atoms. The number of ether oxygens (including phenoxy) is 1. The predicted octanol–water partition coefficient (Wildman–Crippen LogP) is 2.76. The van der Waals surface area contributed by atoms with E-state index in [2.05, 4.69) is 13.2 Å². The Morgan fingerprint density at radius 2 is 1.86 bits per heavy atom. The van der Waals surface area contributed by atoms with Crippen molar-refractivity contribution in [2.45, 2.75) is 89.5 Å². The van der Waals surface area contributed by atoms with E-state index in [0.29, 0.717) is 51.9 Å². The molecular weight excluding hydrogens is 458 g/mol. The number of likely N-dealkylation sites (tertiary alicyclic amines) is 1. The minimum absolute atomic E-state index is 0.0752. The molecule has 5 atom stereocenters. The SMILES string of the molecule is C=CCN(CCC)C(=O)[C@@H]1[C@H]2C(=O)N(CCCCCO)C(C(=O)N(CC=C)C(C)(C)C)C23CC[C@H]1O3.